The first-order valence-electron chi connectivity index (χ1n) is 10.4. The van der Waals surface area contributed by atoms with E-state index in [1.54, 1.807) is 0 Å². The Labute approximate surface area is 159 Å². The van der Waals surface area contributed by atoms with Crippen molar-refractivity contribution < 1.29 is 18.8 Å². The number of fused-ring (bicyclic) bond motifs is 1. The zero-order valence-corrected chi connectivity index (χ0v) is 18.4. The van der Waals surface area contributed by atoms with Crippen LogP contribution in [0.15, 0.2) is 0 Å². The summed E-state index contributed by atoms with van der Waals surface area (Å²) in [6, 6.07) is 0. The summed E-state index contributed by atoms with van der Waals surface area (Å²) in [5.74, 6) is 1.57. The van der Waals surface area contributed by atoms with Gasteiger partial charge in [0.25, 0.3) is 0 Å². The SMILES string of the molecule is CC(C[C@H]1C[C@@](C)(O[Si](C)(C)C)C(=O)O1)[C@H]1CC[C@H]2C(=O)CCC[C@]12C. The number of ketones is 1. The summed E-state index contributed by atoms with van der Waals surface area (Å²) < 4.78 is 11.9. The monoisotopic (exact) mass is 380 g/mol. The highest BCUT2D eigenvalue weighted by atomic mass is 28.4. The lowest BCUT2D eigenvalue weighted by atomic mass is 9.62. The third-order valence-corrected chi connectivity index (χ3v) is 8.18. The van der Waals surface area contributed by atoms with Crippen LogP contribution in [0.25, 0.3) is 0 Å². The van der Waals surface area contributed by atoms with Gasteiger partial charge in [-0.15, -0.1) is 0 Å². The number of cyclic esters (lactones) is 1. The van der Waals surface area contributed by atoms with Gasteiger partial charge in [-0.3, -0.25) is 4.79 Å². The van der Waals surface area contributed by atoms with E-state index >= 15 is 0 Å². The molecule has 6 atom stereocenters. The Bertz CT molecular complexity index is 583. The van der Waals surface area contributed by atoms with Crippen LogP contribution in [0.1, 0.15) is 65.7 Å². The fourth-order valence-corrected chi connectivity index (χ4v) is 7.73. The highest BCUT2D eigenvalue weighted by molar-refractivity contribution is 6.70. The summed E-state index contributed by atoms with van der Waals surface area (Å²) in [5.41, 5.74) is -0.632. The summed E-state index contributed by atoms with van der Waals surface area (Å²) in [6.45, 7) is 12.9. The number of carbonyl (C=O) groups is 2. The normalized spacial score (nSPS) is 41.8. The molecule has 2 aliphatic carbocycles. The maximum atomic E-state index is 12.5. The number of carbonyl (C=O) groups excluding carboxylic acids is 2. The highest BCUT2D eigenvalue weighted by Gasteiger charge is 2.54. The third-order valence-electron chi connectivity index (χ3n) is 7.11. The summed E-state index contributed by atoms with van der Waals surface area (Å²) in [7, 11) is -1.81. The van der Waals surface area contributed by atoms with Gasteiger partial charge in [-0.2, -0.15) is 0 Å². The van der Waals surface area contributed by atoms with E-state index in [9.17, 15) is 9.59 Å². The topological polar surface area (TPSA) is 52.6 Å². The molecule has 0 amide bonds. The highest BCUT2D eigenvalue weighted by Crippen LogP contribution is 2.57. The lowest BCUT2D eigenvalue weighted by Crippen LogP contribution is -2.43. The number of rotatable bonds is 5. The molecule has 0 radical (unpaired) electrons. The molecule has 1 heterocycles. The summed E-state index contributed by atoms with van der Waals surface area (Å²) in [5, 5.41) is 0. The van der Waals surface area contributed by atoms with Gasteiger partial charge in [0.15, 0.2) is 13.9 Å². The molecular formula is C21H36O4Si. The minimum atomic E-state index is -1.81. The second-order valence-corrected chi connectivity index (χ2v) is 14.9. The molecular weight excluding hydrogens is 344 g/mol. The fraction of sp³-hybridized carbons (Fsp3) is 0.905. The number of esters is 1. The van der Waals surface area contributed by atoms with Crippen molar-refractivity contribution in [2.45, 2.75) is 97.1 Å². The molecule has 0 spiro atoms. The van der Waals surface area contributed by atoms with Gasteiger partial charge >= 0.3 is 5.97 Å². The van der Waals surface area contributed by atoms with Crippen molar-refractivity contribution >= 4 is 20.1 Å². The molecule has 1 unspecified atom stereocenters. The van der Waals surface area contributed by atoms with E-state index in [-0.39, 0.29) is 23.4 Å². The van der Waals surface area contributed by atoms with Crippen LogP contribution in [-0.2, 0) is 18.8 Å². The molecule has 2 saturated carbocycles. The van der Waals surface area contributed by atoms with Gasteiger partial charge in [-0.1, -0.05) is 13.8 Å². The zero-order chi connectivity index (χ0) is 19.3. The molecule has 5 heteroatoms. The van der Waals surface area contributed by atoms with E-state index in [2.05, 4.69) is 33.5 Å². The van der Waals surface area contributed by atoms with E-state index in [1.807, 2.05) is 6.92 Å². The Morgan fingerprint density at radius 2 is 1.92 bits per heavy atom. The summed E-state index contributed by atoms with van der Waals surface area (Å²) in [4.78, 5) is 24.8. The van der Waals surface area contributed by atoms with Crippen LogP contribution in [0.2, 0.25) is 19.6 Å². The lowest BCUT2D eigenvalue weighted by Gasteiger charge is -2.42. The van der Waals surface area contributed by atoms with Gasteiger partial charge in [0, 0.05) is 18.8 Å². The molecule has 4 nitrogen and oxygen atoms in total. The van der Waals surface area contributed by atoms with Crippen LogP contribution in [0, 0.1) is 23.2 Å². The first kappa shape index (κ1) is 20.1. The van der Waals surface area contributed by atoms with Crippen molar-refractivity contribution in [1.82, 2.24) is 0 Å². The third kappa shape index (κ3) is 3.66. The summed E-state index contributed by atoms with van der Waals surface area (Å²) >= 11 is 0. The van der Waals surface area contributed by atoms with Crippen molar-refractivity contribution in [3.8, 4) is 0 Å². The maximum absolute atomic E-state index is 12.5. The first-order chi connectivity index (χ1) is 11.9. The quantitative estimate of drug-likeness (QED) is 0.511. The first-order valence-corrected chi connectivity index (χ1v) is 13.8. The Morgan fingerprint density at radius 3 is 2.58 bits per heavy atom. The van der Waals surface area contributed by atoms with Gasteiger partial charge in [0.05, 0.1) is 0 Å². The van der Waals surface area contributed by atoms with Gasteiger partial charge < -0.3 is 9.16 Å². The second kappa shape index (κ2) is 6.73. The van der Waals surface area contributed by atoms with Crippen LogP contribution in [-0.4, -0.2) is 31.8 Å². The molecule has 3 rings (SSSR count). The van der Waals surface area contributed by atoms with Crippen LogP contribution in [0.4, 0.5) is 0 Å². The molecule has 0 bridgehead atoms. The Kier molecular flexibility index (Phi) is 5.19. The summed E-state index contributed by atoms with van der Waals surface area (Å²) in [6.07, 6.45) is 6.65. The van der Waals surface area contributed by atoms with Crippen LogP contribution < -0.4 is 0 Å². The van der Waals surface area contributed by atoms with Crippen molar-refractivity contribution in [2.24, 2.45) is 23.2 Å². The number of hydrogen-bond acceptors (Lipinski definition) is 4. The van der Waals surface area contributed by atoms with Crippen molar-refractivity contribution in [2.75, 3.05) is 0 Å². The Morgan fingerprint density at radius 1 is 1.23 bits per heavy atom. The molecule has 0 aromatic rings. The Hall–Kier alpha value is -0.683. The van der Waals surface area contributed by atoms with E-state index < -0.39 is 13.9 Å². The van der Waals surface area contributed by atoms with Crippen molar-refractivity contribution in [3.63, 3.8) is 0 Å². The van der Waals surface area contributed by atoms with Crippen LogP contribution in [0.5, 0.6) is 0 Å². The van der Waals surface area contributed by atoms with Gasteiger partial charge in [0.2, 0.25) is 0 Å². The zero-order valence-electron chi connectivity index (χ0n) is 17.4. The maximum Gasteiger partial charge on any atom is 0.337 e. The average molecular weight is 381 g/mol. The fourth-order valence-electron chi connectivity index (χ4n) is 6.21. The molecule has 3 fully saturated rings. The number of ether oxygens (including phenoxy) is 1. The van der Waals surface area contributed by atoms with Crippen LogP contribution in [0.3, 0.4) is 0 Å². The smallest absolute Gasteiger partial charge is 0.337 e. The van der Waals surface area contributed by atoms with Crippen LogP contribution >= 0.6 is 0 Å². The average Bonchev–Trinajstić information content (AvgIpc) is 2.95. The van der Waals surface area contributed by atoms with Gasteiger partial charge in [0.1, 0.15) is 11.9 Å². The molecule has 26 heavy (non-hydrogen) atoms. The number of Topliss-reactive ketones (excluding diaryl/α,β-unsaturated/α-hetero) is 1. The minimum Gasteiger partial charge on any atom is -0.460 e. The molecule has 0 aromatic heterocycles. The van der Waals surface area contributed by atoms with Gasteiger partial charge in [-0.05, 0) is 75.9 Å². The molecule has 1 aliphatic heterocycles. The molecule has 0 N–H and O–H groups in total. The van der Waals surface area contributed by atoms with Crippen molar-refractivity contribution in [3.05, 3.63) is 0 Å². The van der Waals surface area contributed by atoms with Gasteiger partial charge in [-0.25, -0.2) is 4.79 Å². The van der Waals surface area contributed by atoms with E-state index in [0.717, 1.165) is 32.1 Å². The second-order valence-electron chi connectivity index (χ2n) is 10.5. The molecule has 148 valence electrons. The predicted molar refractivity (Wildman–Crippen MR) is 104 cm³/mol. The van der Waals surface area contributed by atoms with E-state index in [0.29, 0.717) is 24.0 Å². The largest absolute Gasteiger partial charge is 0.460 e. The Balaban J connectivity index is 1.65. The predicted octanol–water partition coefficient (Wildman–Crippen LogP) is 4.72. The number of hydrogen-bond donors (Lipinski definition) is 0. The molecule has 0 aromatic carbocycles. The molecule has 1 saturated heterocycles. The van der Waals surface area contributed by atoms with E-state index in [4.69, 9.17) is 9.16 Å². The standard InChI is InChI=1S/C21H36O4Si/c1-14(16-9-10-17-18(22)8-7-11-20(16,17)2)12-15-13-21(3,19(23)24-15)25-26(4,5)6/h14-17H,7-13H2,1-6H3/t14?,15-,16+,17-,20+,21+/m0/s1. The lowest BCUT2D eigenvalue weighted by molar-refractivity contribution is -0.152. The minimum absolute atomic E-state index is 0.0548. The van der Waals surface area contributed by atoms with E-state index in [1.165, 1.54) is 6.42 Å². The van der Waals surface area contributed by atoms with Crippen molar-refractivity contribution in [1.29, 1.82) is 0 Å². The molecule has 3 aliphatic rings.